The molecule has 5 heteroatoms. The summed E-state index contributed by atoms with van der Waals surface area (Å²) in [4.78, 5) is 10.5. The van der Waals surface area contributed by atoms with E-state index in [-0.39, 0.29) is 5.95 Å². The summed E-state index contributed by atoms with van der Waals surface area (Å²) >= 11 is 5.94. The number of rotatable bonds is 3. The Bertz CT molecular complexity index is 361. The average Bonchev–Trinajstić information content (AvgIpc) is 2.29. The topological polar surface area (TPSA) is 55.0 Å². The summed E-state index contributed by atoms with van der Waals surface area (Å²) in [6, 6.07) is 2.38. The standard InChI is InChI=1S/C12H19ClN4/c1-2-5-9-6-3-4-7-17(9)11-8-10(13)15-12(14)16-11/h8-9H,2-7H2,1H3,(H2,14,15,16)/t9-/m1/s1. The third-order valence-corrected chi connectivity index (χ3v) is 3.44. The molecule has 1 aliphatic heterocycles. The van der Waals surface area contributed by atoms with Crippen LogP contribution in [0.25, 0.3) is 0 Å². The second-order valence-electron chi connectivity index (χ2n) is 4.54. The van der Waals surface area contributed by atoms with Crippen LogP contribution in [0.15, 0.2) is 6.07 Å². The minimum absolute atomic E-state index is 0.258. The van der Waals surface area contributed by atoms with Crippen molar-refractivity contribution in [2.45, 2.75) is 45.1 Å². The van der Waals surface area contributed by atoms with Crippen molar-refractivity contribution in [1.29, 1.82) is 0 Å². The summed E-state index contributed by atoms with van der Waals surface area (Å²) in [6.45, 7) is 3.26. The Morgan fingerprint density at radius 3 is 3.00 bits per heavy atom. The Labute approximate surface area is 107 Å². The number of nitrogens with zero attached hydrogens (tertiary/aromatic N) is 3. The van der Waals surface area contributed by atoms with Crippen LogP contribution in [0.4, 0.5) is 11.8 Å². The first-order valence-corrected chi connectivity index (χ1v) is 6.65. The van der Waals surface area contributed by atoms with Crippen LogP contribution in [0.3, 0.4) is 0 Å². The predicted octanol–water partition coefficient (Wildman–Crippen LogP) is 2.87. The summed E-state index contributed by atoms with van der Waals surface area (Å²) in [5.41, 5.74) is 5.65. The van der Waals surface area contributed by atoms with E-state index >= 15 is 0 Å². The van der Waals surface area contributed by atoms with Crippen molar-refractivity contribution in [2.75, 3.05) is 17.2 Å². The molecule has 2 N–H and O–H groups in total. The van der Waals surface area contributed by atoms with Crippen LogP contribution in [0.5, 0.6) is 0 Å². The van der Waals surface area contributed by atoms with Gasteiger partial charge >= 0.3 is 0 Å². The summed E-state index contributed by atoms with van der Waals surface area (Å²) in [5.74, 6) is 1.13. The summed E-state index contributed by atoms with van der Waals surface area (Å²) in [6.07, 6.45) is 6.13. The number of nitrogen functional groups attached to an aromatic ring is 1. The summed E-state index contributed by atoms with van der Waals surface area (Å²) in [5, 5.41) is 0.424. The van der Waals surface area contributed by atoms with Gasteiger partial charge in [-0.2, -0.15) is 4.98 Å². The lowest BCUT2D eigenvalue weighted by molar-refractivity contribution is 0.432. The van der Waals surface area contributed by atoms with Crippen molar-refractivity contribution in [2.24, 2.45) is 0 Å². The molecular formula is C12H19ClN4. The van der Waals surface area contributed by atoms with Gasteiger partial charge in [-0.15, -0.1) is 0 Å². The van der Waals surface area contributed by atoms with E-state index in [9.17, 15) is 0 Å². The maximum Gasteiger partial charge on any atom is 0.223 e. The monoisotopic (exact) mass is 254 g/mol. The number of nitrogens with two attached hydrogens (primary N) is 1. The van der Waals surface area contributed by atoms with Gasteiger partial charge in [-0.05, 0) is 25.7 Å². The minimum atomic E-state index is 0.258. The van der Waals surface area contributed by atoms with E-state index < -0.39 is 0 Å². The van der Waals surface area contributed by atoms with Crippen LogP contribution in [-0.2, 0) is 0 Å². The van der Waals surface area contributed by atoms with Crippen LogP contribution in [0, 0.1) is 0 Å². The lowest BCUT2D eigenvalue weighted by Gasteiger charge is -2.36. The van der Waals surface area contributed by atoms with Crippen molar-refractivity contribution in [1.82, 2.24) is 9.97 Å². The molecule has 0 radical (unpaired) electrons. The van der Waals surface area contributed by atoms with Crippen LogP contribution in [0.2, 0.25) is 5.15 Å². The van der Waals surface area contributed by atoms with Crippen molar-refractivity contribution in [3.05, 3.63) is 11.2 Å². The third-order valence-electron chi connectivity index (χ3n) is 3.24. The van der Waals surface area contributed by atoms with Gasteiger partial charge < -0.3 is 10.6 Å². The van der Waals surface area contributed by atoms with Gasteiger partial charge in [-0.3, -0.25) is 0 Å². The van der Waals surface area contributed by atoms with Crippen molar-refractivity contribution in [3.8, 4) is 0 Å². The van der Waals surface area contributed by atoms with E-state index in [1.807, 2.05) is 6.07 Å². The van der Waals surface area contributed by atoms with Gasteiger partial charge in [-0.1, -0.05) is 24.9 Å². The Balaban J connectivity index is 2.22. The molecule has 0 bridgehead atoms. The molecule has 1 aromatic heterocycles. The molecule has 94 valence electrons. The summed E-state index contributed by atoms with van der Waals surface area (Å²) < 4.78 is 0. The lowest BCUT2D eigenvalue weighted by atomic mass is 9.98. The number of anilines is 2. The molecule has 1 saturated heterocycles. The number of hydrogen-bond acceptors (Lipinski definition) is 4. The van der Waals surface area contributed by atoms with Gasteiger partial charge in [0.2, 0.25) is 5.95 Å². The maximum atomic E-state index is 5.94. The first-order chi connectivity index (χ1) is 8.20. The highest BCUT2D eigenvalue weighted by molar-refractivity contribution is 6.29. The second-order valence-corrected chi connectivity index (χ2v) is 4.93. The number of piperidine rings is 1. The molecule has 2 rings (SSSR count). The SMILES string of the molecule is CCC[C@@H]1CCCCN1c1cc(Cl)nc(N)n1. The van der Waals surface area contributed by atoms with Gasteiger partial charge in [0.15, 0.2) is 0 Å². The number of aromatic nitrogens is 2. The Hall–Kier alpha value is -1.03. The first kappa shape index (κ1) is 12.4. The Morgan fingerprint density at radius 1 is 1.47 bits per heavy atom. The average molecular weight is 255 g/mol. The van der Waals surface area contributed by atoms with E-state index in [1.54, 1.807) is 0 Å². The van der Waals surface area contributed by atoms with E-state index in [0.717, 1.165) is 12.4 Å². The molecular weight excluding hydrogens is 236 g/mol. The van der Waals surface area contributed by atoms with Gasteiger partial charge in [0.1, 0.15) is 11.0 Å². The third kappa shape index (κ3) is 3.00. The van der Waals surface area contributed by atoms with Crippen molar-refractivity contribution >= 4 is 23.4 Å². The van der Waals surface area contributed by atoms with E-state index in [1.165, 1.54) is 32.1 Å². The normalized spacial score (nSPS) is 20.6. The van der Waals surface area contributed by atoms with Gasteiger partial charge in [0.05, 0.1) is 0 Å². The van der Waals surface area contributed by atoms with Gasteiger partial charge in [-0.25, -0.2) is 4.98 Å². The molecule has 1 aromatic rings. The molecule has 1 aliphatic rings. The van der Waals surface area contributed by atoms with E-state index in [2.05, 4.69) is 21.8 Å². The fourth-order valence-corrected chi connectivity index (χ4v) is 2.69. The Kier molecular flexibility index (Phi) is 4.05. The molecule has 2 heterocycles. The largest absolute Gasteiger partial charge is 0.368 e. The molecule has 0 amide bonds. The first-order valence-electron chi connectivity index (χ1n) is 6.27. The zero-order valence-corrected chi connectivity index (χ0v) is 11.0. The highest BCUT2D eigenvalue weighted by Crippen LogP contribution is 2.27. The van der Waals surface area contributed by atoms with Gasteiger partial charge in [0.25, 0.3) is 0 Å². The zero-order chi connectivity index (χ0) is 12.3. The second kappa shape index (κ2) is 5.54. The molecule has 1 fully saturated rings. The molecule has 4 nitrogen and oxygen atoms in total. The number of halogens is 1. The highest BCUT2D eigenvalue weighted by atomic mass is 35.5. The molecule has 0 saturated carbocycles. The van der Waals surface area contributed by atoms with Gasteiger partial charge in [0, 0.05) is 18.7 Å². The minimum Gasteiger partial charge on any atom is -0.368 e. The van der Waals surface area contributed by atoms with Crippen LogP contribution < -0.4 is 10.6 Å². The molecule has 17 heavy (non-hydrogen) atoms. The predicted molar refractivity (Wildman–Crippen MR) is 71.3 cm³/mol. The van der Waals surface area contributed by atoms with E-state index in [0.29, 0.717) is 11.2 Å². The Morgan fingerprint density at radius 2 is 2.29 bits per heavy atom. The molecule has 0 aliphatic carbocycles. The molecule has 0 spiro atoms. The smallest absolute Gasteiger partial charge is 0.223 e. The maximum absolute atomic E-state index is 5.94. The zero-order valence-electron chi connectivity index (χ0n) is 10.2. The molecule has 0 unspecified atom stereocenters. The molecule has 0 aromatic carbocycles. The quantitative estimate of drug-likeness (QED) is 0.843. The lowest BCUT2D eigenvalue weighted by Crippen LogP contribution is -2.40. The fourth-order valence-electron chi connectivity index (χ4n) is 2.51. The fraction of sp³-hybridized carbons (Fsp3) is 0.667. The summed E-state index contributed by atoms with van der Waals surface area (Å²) in [7, 11) is 0. The van der Waals surface area contributed by atoms with Crippen LogP contribution >= 0.6 is 11.6 Å². The number of hydrogen-bond donors (Lipinski definition) is 1. The van der Waals surface area contributed by atoms with Crippen LogP contribution in [0.1, 0.15) is 39.0 Å². The van der Waals surface area contributed by atoms with Crippen LogP contribution in [-0.4, -0.2) is 22.6 Å². The van der Waals surface area contributed by atoms with E-state index in [4.69, 9.17) is 17.3 Å². The highest BCUT2D eigenvalue weighted by Gasteiger charge is 2.23. The van der Waals surface area contributed by atoms with Crippen molar-refractivity contribution in [3.63, 3.8) is 0 Å². The van der Waals surface area contributed by atoms with Crippen molar-refractivity contribution < 1.29 is 0 Å². The molecule has 1 atom stereocenters.